The Morgan fingerprint density at radius 2 is 1.94 bits per heavy atom. The number of halogens is 2. The highest BCUT2D eigenvalue weighted by molar-refractivity contribution is 5.90. The van der Waals surface area contributed by atoms with Gasteiger partial charge in [0.15, 0.2) is 17.3 Å². The molecular formula is C22H17F2NO6. The molecule has 0 atom stereocenters. The van der Waals surface area contributed by atoms with Crippen LogP contribution in [0.3, 0.4) is 0 Å². The van der Waals surface area contributed by atoms with Crippen LogP contribution in [0.5, 0.6) is 11.5 Å². The fourth-order valence-electron chi connectivity index (χ4n) is 3.16. The number of aromatic nitrogens is 1. The number of carbonyl (C=O) groups excluding carboxylic acids is 1. The van der Waals surface area contributed by atoms with E-state index < -0.39 is 34.7 Å². The summed E-state index contributed by atoms with van der Waals surface area (Å²) in [5.74, 6) is -3.35. The lowest BCUT2D eigenvalue weighted by molar-refractivity contribution is 0.104. The maximum atomic E-state index is 14.3. The van der Waals surface area contributed by atoms with Crippen LogP contribution in [0.25, 0.3) is 16.6 Å². The number of nitrogens with zero attached hydrogens (tertiary/aromatic N) is 1. The van der Waals surface area contributed by atoms with Crippen LogP contribution < -0.4 is 14.9 Å². The molecule has 0 saturated carbocycles. The van der Waals surface area contributed by atoms with Crippen molar-refractivity contribution < 1.29 is 32.5 Å². The minimum absolute atomic E-state index is 0.000852. The molecule has 0 bridgehead atoms. The second-order valence-electron chi connectivity index (χ2n) is 6.58. The van der Waals surface area contributed by atoms with Crippen LogP contribution >= 0.6 is 0 Å². The standard InChI is InChI=1S/C22H17F2NO6/c1-2-29-22(27)31-17-9-25-14(11-28-10-13-6-4-3-5-7-13)12-30-21-18(24)16(23)8-15(19(21)25)20(17)26/h3-9,12H,2,10-11H2,1H3. The van der Waals surface area contributed by atoms with Gasteiger partial charge in [0.05, 0.1) is 37.1 Å². The van der Waals surface area contributed by atoms with Gasteiger partial charge in [-0.05, 0) is 18.6 Å². The monoisotopic (exact) mass is 429 g/mol. The van der Waals surface area contributed by atoms with Crippen molar-refractivity contribution in [2.45, 2.75) is 13.5 Å². The molecule has 3 aromatic rings. The minimum Gasteiger partial charge on any atom is -0.458 e. The van der Waals surface area contributed by atoms with E-state index in [0.29, 0.717) is 12.3 Å². The average Bonchev–Trinajstić information content (AvgIpc) is 2.76. The number of pyridine rings is 1. The normalized spacial score (nSPS) is 12.3. The molecule has 160 valence electrons. The lowest BCUT2D eigenvalue weighted by Gasteiger charge is -2.22. The second kappa shape index (κ2) is 8.57. The van der Waals surface area contributed by atoms with E-state index >= 15 is 0 Å². The summed E-state index contributed by atoms with van der Waals surface area (Å²) < 4.78 is 50.4. The third-order valence-corrected chi connectivity index (χ3v) is 4.55. The van der Waals surface area contributed by atoms with Crippen molar-refractivity contribution in [3.05, 3.63) is 76.3 Å². The van der Waals surface area contributed by atoms with Gasteiger partial charge in [0.2, 0.25) is 11.2 Å². The number of rotatable bonds is 6. The van der Waals surface area contributed by atoms with Crippen LogP contribution in [0.4, 0.5) is 13.6 Å². The fraction of sp³-hybridized carbons (Fsp3) is 0.182. The molecule has 1 aliphatic rings. The van der Waals surface area contributed by atoms with E-state index in [1.54, 1.807) is 6.92 Å². The Morgan fingerprint density at radius 1 is 1.16 bits per heavy atom. The Balaban J connectivity index is 1.73. The first-order chi connectivity index (χ1) is 15.0. The smallest absolute Gasteiger partial charge is 0.458 e. The number of benzene rings is 2. The van der Waals surface area contributed by atoms with Gasteiger partial charge in [0, 0.05) is 0 Å². The largest absolute Gasteiger partial charge is 0.514 e. The number of hydrogen-bond acceptors (Lipinski definition) is 6. The number of carbonyl (C=O) groups is 1. The van der Waals surface area contributed by atoms with Crippen molar-refractivity contribution in [3.8, 4) is 11.5 Å². The Morgan fingerprint density at radius 3 is 2.68 bits per heavy atom. The third-order valence-electron chi connectivity index (χ3n) is 4.55. The Hall–Kier alpha value is -3.72. The molecule has 4 rings (SSSR count). The molecule has 7 nitrogen and oxygen atoms in total. The molecule has 0 saturated heterocycles. The summed E-state index contributed by atoms with van der Waals surface area (Å²) >= 11 is 0. The van der Waals surface area contributed by atoms with E-state index in [1.807, 2.05) is 30.3 Å². The summed E-state index contributed by atoms with van der Waals surface area (Å²) in [6.07, 6.45) is 1.30. The number of hydrogen-bond donors (Lipinski definition) is 0. The Labute approximate surface area is 175 Å². The van der Waals surface area contributed by atoms with E-state index in [9.17, 15) is 18.4 Å². The van der Waals surface area contributed by atoms with E-state index in [0.717, 1.165) is 11.6 Å². The summed E-state index contributed by atoms with van der Waals surface area (Å²) in [6, 6.07) is 10.2. The van der Waals surface area contributed by atoms with Crippen molar-refractivity contribution >= 4 is 22.8 Å². The van der Waals surface area contributed by atoms with Crippen molar-refractivity contribution in [3.63, 3.8) is 0 Å². The third kappa shape index (κ3) is 3.99. The van der Waals surface area contributed by atoms with Gasteiger partial charge in [-0.1, -0.05) is 30.3 Å². The highest BCUT2D eigenvalue weighted by atomic mass is 19.2. The second-order valence-corrected chi connectivity index (χ2v) is 6.58. The van der Waals surface area contributed by atoms with Crippen LogP contribution in [-0.4, -0.2) is 23.9 Å². The highest BCUT2D eigenvalue weighted by Gasteiger charge is 2.26. The molecule has 0 radical (unpaired) electrons. The maximum Gasteiger partial charge on any atom is 0.514 e. The molecule has 0 spiro atoms. The van der Waals surface area contributed by atoms with Crippen LogP contribution in [0.15, 0.2) is 53.7 Å². The molecule has 0 amide bonds. The van der Waals surface area contributed by atoms with E-state index in [-0.39, 0.29) is 24.1 Å². The SMILES string of the molecule is CCOC(=O)Oc1cn2c3c(c(F)c(F)cc3c1=O)OC=C2COCc1ccccc1. The van der Waals surface area contributed by atoms with E-state index in [1.165, 1.54) is 17.0 Å². The van der Waals surface area contributed by atoms with Crippen molar-refractivity contribution in [2.24, 2.45) is 0 Å². The average molecular weight is 429 g/mol. The summed E-state index contributed by atoms with van der Waals surface area (Å²) in [5, 5.41) is -0.218. The molecule has 2 heterocycles. The lowest BCUT2D eigenvalue weighted by atomic mass is 10.1. The Kier molecular flexibility index (Phi) is 5.68. The summed E-state index contributed by atoms with van der Waals surface area (Å²) in [5.41, 5.74) is 0.508. The first-order valence-corrected chi connectivity index (χ1v) is 9.39. The fourth-order valence-corrected chi connectivity index (χ4v) is 3.16. The van der Waals surface area contributed by atoms with Crippen LogP contribution in [0, 0.1) is 11.6 Å². The quantitative estimate of drug-likeness (QED) is 0.546. The van der Waals surface area contributed by atoms with Gasteiger partial charge in [-0.3, -0.25) is 4.79 Å². The van der Waals surface area contributed by atoms with Gasteiger partial charge in [0.1, 0.15) is 11.8 Å². The van der Waals surface area contributed by atoms with Crippen molar-refractivity contribution in [1.29, 1.82) is 0 Å². The molecule has 1 aromatic heterocycles. The molecular weight excluding hydrogens is 412 g/mol. The highest BCUT2D eigenvalue weighted by Crippen LogP contribution is 2.35. The first kappa shape index (κ1) is 20.5. The van der Waals surface area contributed by atoms with Gasteiger partial charge in [-0.2, -0.15) is 4.39 Å². The molecule has 0 unspecified atom stereocenters. The van der Waals surface area contributed by atoms with E-state index in [2.05, 4.69) is 0 Å². The summed E-state index contributed by atoms with van der Waals surface area (Å²) in [7, 11) is 0. The van der Waals surface area contributed by atoms with Gasteiger partial charge < -0.3 is 23.5 Å². The van der Waals surface area contributed by atoms with Gasteiger partial charge in [-0.25, -0.2) is 9.18 Å². The predicted octanol–water partition coefficient (Wildman–Crippen LogP) is 4.22. The van der Waals surface area contributed by atoms with Gasteiger partial charge >= 0.3 is 6.16 Å². The molecule has 0 N–H and O–H groups in total. The Bertz CT molecular complexity index is 1240. The number of ether oxygens (including phenoxy) is 4. The molecule has 0 fully saturated rings. The topological polar surface area (TPSA) is 76.0 Å². The zero-order valence-corrected chi connectivity index (χ0v) is 16.4. The molecule has 1 aliphatic heterocycles. The van der Waals surface area contributed by atoms with Crippen LogP contribution in [0.1, 0.15) is 12.5 Å². The van der Waals surface area contributed by atoms with Crippen molar-refractivity contribution in [2.75, 3.05) is 13.2 Å². The summed E-state index contributed by atoms with van der Waals surface area (Å²) in [6.45, 7) is 1.92. The molecule has 9 heteroatoms. The van der Waals surface area contributed by atoms with Crippen LogP contribution in [0.2, 0.25) is 0 Å². The lowest BCUT2D eigenvalue weighted by Crippen LogP contribution is -2.21. The zero-order valence-electron chi connectivity index (χ0n) is 16.4. The maximum absolute atomic E-state index is 14.3. The van der Waals surface area contributed by atoms with E-state index in [4.69, 9.17) is 18.9 Å². The first-order valence-electron chi connectivity index (χ1n) is 9.39. The zero-order chi connectivity index (χ0) is 22.0. The molecule has 2 aromatic carbocycles. The minimum atomic E-state index is -1.27. The molecule has 0 aliphatic carbocycles. The summed E-state index contributed by atoms with van der Waals surface area (Å²) in [4.78, 5) is 24.5. The van der Waals surface area contributed by atoms with Gasteiger partial charge in [0.25, 0.3) is 0 Å². The molecule has 31 heavy (non-hydrogen) atoms. The predicted molar refractivity (Wildman–Crippen MR) is 107 cm³/mol. The van der Waals surface area contributed by atoms with Crippen molar-refractivity contribution in [1.82, 2.24) is 4.57 Å². The van der Waals surface area contributed by atoms with Crippen LogP contribution in [-0.2, 0) is 16.1 Å². The van der Waals surface area contributed by atoms with Gasteiger partial charge in [-0.15, -0.1) is 0 Å².